The van der Waals surface area contributed by atoms with Gasteiger partial charge < -0.3 is 30.5 Å². The van der Waals surface area contributed by atoms with Gasteiger partial charge in [0.25, 0.3) is 0 Å². The summed E-state index contributed by atoms with van der Waals surface area (Å²) < 4.78 is 10.8. The van der Waals surface area contributed by atoms with E-state index in [1.165, 1.54) is 0 Å². The maximum absolute atomic E-state index is 11.9. The second-order valence-electron chi connectivity index (χ2n) is 4.68. The molecule has 2 rings (SSSR count). The number of ether oxygens (including phenoxy) is 2. The molecule has 10 nitrogen and oxygen atoms in total. The molecule has 1 aliphatic heterocycles. The van der Waals surface area contributed by atoms with Crippen LogP contribution in [0.25, 0.3) is 0 Å². The van der Waals surface area contributed by atoms with Crippen LogP contribution in [0.5, 0.6) is 0 Å². The third-order valence-corrected chi connectivity index (χ3v) is 3.27. The average Bonchev–Trinajstić information content (AvgIpc) is 2.75. The molecule has 1 aromatic heterocycles. The summed E-state index contributed by atoms with van der Waals surface area (Å²) in [7, 11) is 0. The van der Waals surface area contributed by atoms with E-state index in [0.29, 0.717) is 0 Å². The smallest absolute Gasteiger partial charge is 0.351 e. The van der Waals surface area contributed by atoms with Crippen LogP contribution < -0.4 is 11.4 Å². The highest BCUT2D eigenvalue weighted by Crippen LogP contribution is 2.28. The fraction of sp³-hybridized carbons (Fsp3) is 0.583. The standard InChI is InChI=1S/C12H17N3O7/c1-2-21-11(19)5-3-15(12(20)14-9(5)13)10-8(18)7(17)6(4-16)22-10/h3,6-8,10,16-18H,2,4H2,1H3,(H2,13,14,20)/t6-,7+,8-,10-/m1/s1. The normalized spacial score (nSPS) is 27.8. The van der Waals surface area contributed by atoms with Crippen molar-refractivity contribution < 1.29 is 29.6 Å². The largest absolute Gasteiger partial charge is 0.462 e. The number of aliphatic hydroxyl groups is 3. The number of nitrogens with zero attached hydrogens (tertiary/aromatic N) is 2. The fourth-order valence-corrected chi connectivity index (χ4v) is 2.14. The highest BCUT2D eigenvalue weighted by molar-refractivity contribution is 5.93. The van der Waals surface area contributed by atoms with Crippen molar-refractivity contribution in [3.05, 3.63) is 22.2 Å². The quantitative estimate of drug-likeness (QED) is 0.445. The monoisotopic (exact) mass is 315 g/mol. The van der Waals surface area contributed by atoms with E-state index in [4.69, 9.17) is 20.3 Å². The first-order valence-electron chi connectivity index (χ1n) is 6.59. The molecule has 0 saturated carbocycles. The third-order valence-electron chi connectivity index (χ3n) is 3.27. The van der Waals surface area contributed by atoms with Crippen LogP contribution in [0.2, 0.25) is 0 Å². The molecule has 122 valence electrons. The molecular weight excluding hydrogens is 298 g/mol. The average molecular weight is 315 g/mol. The lowest BCUT2D eigenvalue weighted by Crippen LogP contribution is -2.36. The molecule has 1 fully saturated rings. The van der Waals surface area contributed by atoms with E-state index in [0.717, 1.165) is 10.8 Å². The molecule has 1 aromatic rings. The number of nitrogens with two attached hydrogens (primary N) is 1. The van der Waals surface area contributed by atoms with Crippen molar-refractivity contribution in [3.8, 4) is 0 Å². The number of aliphatic hydroxyl groups excluding tert-OH is 3. The first-order chi connectivity index (χ1) is 10.4. The Bertz CT molecular complexity index is 617. The first-order valence-corrected chi connectivity index (χ1v) is 6.59. The van der Waals surface area contributed by atoms with Crippen molar-refractivity contribution in [3.63, 3.8) is 0 Å². The van der Waals surface area contributed by atoms with Crippen LogP contribution in [0.1, 0.15) is 23.5 Å². The number of anilines is 1. The van der Waals surface area contributed by atoms with Gasteiger partial charge in [-0.2, -0.15) is 4.98 Å². The summed E-state index contributed by atoms with van der Waals surface area (Å²) >= 11 is 0. The summed E-state index contributed by atoms with van der Waals surface area (Å²) in [6.45, 7) is 1.16. The summed E-state index contributed by atoms with van der Waals surface area (Å²) in [6, 6.07) is 0. The van der Waals surface area contributed by atoms with Crippen LogP contribution in [0, 0.1) is 0 Å². The van der Waals surface area contributed by atoms with Gasteiger partial charge in [0, 0.05) is 6.20 Å². The molecule has 0 amide bonds. The minimum atomic E-state index is -1.48. The van der Waals surface area contributed by atoms with Crippen molar-refractivity contribution in [2.24, 2.45) is 0 Å². The van der Waals surface area contributed by atoms with Gasteiger partial charge in [-0.15, -0.1) is 0 Å². The van der Waals surface area contributed by atoms with E-state index >= 15 is 0 Å². The van der Waals surface area contributed by atoms with Crippen molar-refractivity contribution in [1.82, 2.24) is 9.55 Å². The highest BCUT2D eigenvalue weighted by atomic mass is 16.6. The molecule has 0 spiro atoms. The molecular formula is C12H17N3O7. The van der Waals surface area contributed by atoms with Crippen LogP contribution in [-0.2, 0) is 9.47 Å². The molecule has 22 heavy (non-hydrogen) atoms. The van der Waals surface area contributed by atoms with E-state index in [2.05, 4.69) is 4.98 Å². The lowest BCUT2D eigenvalue weighted by Gasteiger charge is -2.18. The van der Waals surface area contributed by atoms with Crippen molar-refractivity contribution in [1.29, 1.82) is 0 Å². The van der Waals surface area contributed by atoms with Gasteiger partial charge in [-0.3, -0.25) is 4.57 Å². The number of esters is 1. The lowest BCUT2D eigenvalue weighted by atomic mass is 10.1. The maximum atomic E-state index is 11.9. The Morgan fingerprint density at radius 3 is 2.73 bits per heavy atom. The number of nitrogen functional groups attached to an aromatic ring is 1. The summed E-state index contributed by atoms with van der Waals surface area (Å²) in [5.41, 5.74) is 4.48. The van der Waals surface area contributed by atoms with Crippen LogP contribution in [0.3, 0.4) is 0 Å². The predicted octanol–water partition coefficient (Wildman–Crippen LogP) is -2.39. The van der Waals surface area contributed by atoms with Gasteiger partial charge in [0.15, 0.2) is 6.23 Å². The topological polar surface area (TPSA) is 157 Å². The van der Waals surface area contributed by atoms with Crippen LogP contribution >= 0.6 is 0 Å². The molecule has 2 heterocycles. The second kappa shape index (κ2) is 6.40. The fourth-order valence-electron chi connectivity index (χ4n) is 2.14. The van der Waals surface area contributed by atoms with Gasteiger partial charge in [-0.05, 0) is 6.92 Å². The summed E-state index contributed by atoms with van der Waals surface area (Å²) in [6.07, 6.45) is -4.18. The number of carbonyl (C=O) groups is 1. The molecule has 10 heteroatoms. The van der Waals surface area contributed by atoms with Crippen LogP contribution in [0.15, 0.2) is 11.0 Å². The number of aromatic nitrogens is 2. The van der Waals surface area contributed by atoms with Gasteiger partial charge >= 0.3 is 11.7 Å². The number of rotatable bonds is 4. The number of carbonyl (C=O) groups excluding carboxylic acids is 1. The van der Waals surface area contributed by atoms with Gasteiger partial charge in [0.2, 0.25) is 0 Å². The van der Waals surface area contributed by atoms with E-state index in [9.17, 15) is 19.8 Å². The van der Waals surface area contributed by atoms with E-state index in [-0.39, 0.29) is 18.0 Å². The summed E-state index contributed by atoms with van der Waals surface area (Å²) in [5, 5.41) is 28.7. The molecule has 0 aliphatic carbocycles. The molecule has 4 atom stereocenters. The van der Waals surface area contributed by atoms with Crippen molar-refractivity contribution in [2.75, 3.05) is 18.9 Å². The Morgan fingerprint density at radius 1 is 1.50 bits per heavy atom. The zero-order valence-corrected chi connectivity index (χ0v) is 11.7. The van der Waals surface area contributed by atoms with E-state index in [1.807, 2.05) is 0 Å². The van der Waals surface area contributed by atoms with Crippen molar-refractivity contribution >= 4 is 11.8 Å². The van der Waals surface area contributed by atoms with Crippen LogP contribution in [0.4, 0.5) is 5.82 Å². The van der Waals surface area contributed by atoms with Gasteiger partial charge in [0.1, 0.15) is 29.7 Å². The Balaban J connectivity index is 2.41. The van der Waals surface area contributed by atoms with E-state index < -0.39 is 42.8 Å². The zero-order valence-electron chi connectivity index (χ0n) is 11.7. The minimum absolute atomic E-state index is 0.102. The summed E-state index contributed by atoms with van der Waals surface area (Å²) in [5.74, 6) is -1.10. The molecule has 0 bridgehead atoms. The molecule has 1 aliphatic rings. The van der Waals surface area contributed by atoms with Crippen molar-refractivity contribution in [2.45, 2.75) is 31.5 Å². The molecule has 1 saturated heterocycles. The molecule has 0 aromatic carbocycles. The predicted molar refractivity (Wildman–Crippen MR) is 71.9 cm³/mol. The lowest BCUT2D eigenvalue weighted by molar-refractivity contribution is -0.0550. The molecule has 0 radical (unpaired) electrons. The van der Waals surface area contributed by atoms with Gasteiger partial charge in [-0.1, -0.05) is 0 Å². The first kappa shape index (κ1) is 16.4. The zero-order chi connectivity index (χ0) is 16.4. The third kappa shape index (κ3) is 2.81. The highest BCUT2D eigenvalue weighted by Gasteiger charge is 2.44. The second-order valence-corrected chi connectivity index (χ2v) is 4.68. The summed E-state index contributed by atoms with van der Waals surface area (Å²) in [4.78, 5) is 27.1. The SMILES string of the molecule is CCOC(=O)c1cn([C@@H]2O[C@H](CO)[C@H](O)[C@H]2O)c(=O)nc1N. The Morgan fingerprint density at radius 2 is 2.18 bits per heavy atom. The minimum Gasteiger partial charge on any atom is -0.462 e. The number of hydrogen-bond donors (Lipinski definition) is 4. The molecule has 5 N–H and O–H groups in total. The Hall–Kier alpha value is -2.01. The van der Waals surface area contributed by atoms with Crippen LogP contribution in [-0.4, -0.2) is 62.4 Å². The Kier molecular flexibility index (Phi) is 4.76. The maximum Gasteiger partial charge on any atom is 0.351 e. The molecule has 0 unspecified atom stereocenters. The van der Waals surface area contributed by atoms with Gasteiger partial charge in [-0.25, -0.2) is 9.59 Å². The number of hydrogen-bond acceptors (Lipinski definition) is 9. The van der Waals surface area contributed by atoms with E-state index in [1.54, 1.807) is 6.92 Å². The Labute approximate surface area is 124 Å². The van der Waals surface area contributed by atoms with Gasteiger partial charge in [0.05, 0.1) is 13.2 Å².